The number of fused-ring (bicyclic) bond motifs is 1. The molecule has 0 aliphatic carbocycles. The summed E-state index contributed by atoms with van der Waals surface area (Å²) >= 11 is 0. The van der Waals surface area contributed by atoms with Crippen molar-refractivity contribution < 1.29 is 14.3 Å². The maximum Gasteiger partial charge on any atom is 0.408 e. The first kappa shape index (κ1) is 25.6. The van der Waals surface area contributed by atoms with Gasteiger partial charge in [0.05, 0.1) is 0 Å². The Balaban J connectivity index is 1.31. The van der Waals surface area contributed by atoms with Crippen LogP contribution in [0.5, 0.6) is 0 Å². The molecular weight excluding hydrogens is 470 g/mol. The molecule has 0 atom stereocenters. The lowest BCUT2D eigenvalue weighted by Crippen LogP contribution is -2.40. The molecule has 0 saturated carbocycles. The molecule has 0 spiro atoms. The van der Waals surface area contributed by atoms with Crippen LogP contribution in [-0.2, 0) is 22.6 Å². The Bertz CT molecular complexity index is 1380. The van der Waals surface area contributed by atoms with E-state index in [1.165, 1.54) is 0 Å². The van der Waals surface area contributed by atoms with Gasteiger partial charge in [-0.15, -0.1) is 0 Å². The fraction of sp³-hybridized carbons (Fsp3) is 0.296. The van der Waals surface area contributed by atoms with E-state index in [9.17, 15) is 9.59 Å². The van der Waals surface area contributed by atoms with Gasteiger partial charge >= 0.3 is 6.09 Å². The van der Waals surface area contributed by atoms with Gasteiger partial charge in [-0.3, -0.25) is 4.79 Å². The van der Waals surface area contributed by atoms with Crippen LogP contribution in [0.3, 0.4) is 0 Å². The number of ether oxygens (including phenoxy) is 1. The van der Waals surface area contributed by atoms with Crippen LogP contribution in [0.4, 0.5) is 10.7 Å². The Morgan fingerprint density at radius 1 is 1.03 bits per heavy atom. The Kier molecular flexibility index (Phi) is 7.66. The molecular formula is C27H31N7O3. The van der Waals surface area contributed by atoms with Crippen molar-refractivity contribution in [2.75, 3.05) is 18.9 Å². The van der Waals surface area contributed by atoms with Crippen LogP contribution in [0, 0.1) is 0 Å². The molecule has 0 aliphatic heterocycles. The largest absolute Gasteiger partial charge is 0.444 e. The maximum atomic E-state index is 12.4. The molecule has 4 aromatic rings. The van der Waals surface area contributed by atoms with Crippen molar-refractivity contribution in [2.45, 2.75) is 39.5 Å². The first-order valence-electron chi connectivity index (χ1n) is 11.9. The summed E-state index contributed by atoms with van der Waals surface area (Å²) in [5, 5.41) is 5.74. The zero-order chi connectivity index (χ0) is 26.4. The van der Waals surface area contributed by atoms with E-state index in [1.807, 2.05) is 53.2 Å². The van der Waals surface area contributed by atoms with E-state index >= 15 is 0 Å². The summed E-state index contributed by atoms with van der Waals surface area (Å²) in [6.45, 7) is 6.16. The summed E-state index contributed by atoms with van der Waals surface area (Å²) < 4.78 is 7.14. The Hall–Kier alpha value is -4.47. The van der Waals surface area contributed by atoms with Crippen molar-refractivity contribution >= 4 is 23.6 Å². The van der Waals surface area contributed by atoms with Crippen molar-refractivity contribution in [1.29, 1.82) is 0 Å². The van der Waals surface area contributed by atoms with Crippen molar-refractivity contribution in [2.24, 2.45) is 0 Å². The van der Waals surface area contributed by atoms with Gasteiger partial charge in [0, 0.05) is 56.7 Å². The van der Waals surface area contributed by atoms with Crippen LogP contribution in [-0.4, -0.2) is 55.4 Å². The molecule has 10 nitrogen and oxygen atoms in total. The van der Waals surface area contributed by atoms with Crippen LogP contribution in [0.15, 0.2) is 67.4 Å². The van der Waals surface area contributed by atoms with E-state index in [2.05, 4.69) is 25.6 Å². The van der Waals surface area contributed by atoms with Crippen LogP contribution in [0.2, 0.25) is 0 Å². The Morgan fingerprint density at radius 2 is 1.81 bits per heavy atom. The average Bonchev–Trinajstić information content (AvgIpc) is 3.33. The third-order valence-corrected chi connectivity index (χ3v) is 5.44. The fourth-order valence-corrected chi connectivity index (χ4v) is 3.63. The number of carbonyl (C=O) groups excluding carboxylic acids is 2. The molecule has 37 heavy (non-hydrogen) atoms. The molecule has 192 valence electrons. The molecule has 0 unspecified atom stereocenters. The Morgan fingerprint density at radius 3 is 2.57 bits per heavy atom. The lowest BCUT2D eigenvalue weighted by atomic mass is 10.1. The van der Waals surface area contributed by atoms with E-state index < -0.39 is 11.7 Å². The number of pyridine rings is 1. The maximum absolute atomic E-state index is 12.4. The van der Waals surface area contributed by atoms with Gasteiger partial charge in [0.1, 0.15) is 17.8 Å². The SMILES string of the molecule is CN(Cc1cccc(-c2cnc(NCc3ccc4nccn4c3)nc2)c1)C(=O)CNC(=O)OC(C)(C)C. The molecule has 3 heterocycles. The Labute approximate surface area is 215 Å². The molecule has 0 radical (unpaired) electrons. The molecule has 0 aliphatic rings. The van der Waals surface area contributed by atoms with Crippen LogP contribution >= 0.6 is 0 Å². The second-order valence-corrected chi connectivity index (χ2v) is 9.68. The molecule has 2 amide bonds. The number of anilines is 1. The quantitative estimate of drug-likeness (QED) is 0.377. The zero-order valence-corrected chi connectivity index (χ0v) is 21.4. The van der Waals surface area contributed by atoms with E-state index in [0.717, 1.165) is 27.9 Å². The van der Waals surface area contributed by atoms with Gasteiger partial charge in [0.2, 0.25) is 11.9 Å². The first-order chi connectivity index (χ1) is 17.7. The predicted octanol–water partition coefficient (Wildman–Crippen LogP) is 3.89. The number of hydrogen-bond donors (Lipinski definition) is 2. The number of rotatable bonds is 8. The van der Waals surface area contributed by atoms with E-state index in [4.69, 9.17) is 4.74 Å². The number of nitrogens with zero attached hydrogens (tertiary/aromatic N) is 5. The number of alkyl carbamates (subject to hydrolysis) is 1. The van der Waals surface area contributed by atoms with Gasteiger partial charge in [-0.2, -0.15) is 0 Å². The highest BCUT2D eigenvalue weighted by Gasteiger charge is 2.18. The van der Waals surface area contributed by atoms with Crippen LogP contribution in [0.25, 0.3) is 16.8 Å². The predicted molar refractivity (Wildman–Crippen MR) is 141 cm³/mol. The third-order valence-electron chi connectivity index (χ3n) is 5.44. The molecule has 0 saturated heterocycles. The fourth-order valence-electron chi connectivity index (χ4n) is 3.63. The molecule has 0 fully saturated rings. The van der Waals surface area contributed by atoms with Crippen LogP contribution < -0.4 is 10.6 Å². The number of imidazole rings is 1. The summed E-state index contributed by atoms with van der Waals surface area (Å²) in [6.07, 6.45) is 8.62. The standard InChI is InChI=1S/C27H31N7O3/c1-27(2,3)37-26(36)32-16-24(35)33(4)17-19-6-5-7-21(12-19)22-14-30-25(31-15-22)29-13-20-8-9-23-28-10-11-34(23)18-20/h5-12,14-15,18H,13,16-17H2,1-4H3,(H,32,36)(H,29,30,31). The summed E-state index contributed by atoms with van der Waals surface area (Å²) in [7, 11) is 1.69. The average molecular weight is 502 g/mol. The molecule has 4 rings (SSSR count). The van der Waals surface area contributed by atoms with E-state index in [0.29, 0.717) is 19.0 Å². The highest BCUT2D eigenvalue weighted by molar-refractivity contribution is 5.82. The monoisotopic (exact) mass is 501 g/mol. The van der Waals surface area contributed by atoms with Crippen molar-refractivity contribution in [3.8, 4) is 11.1 Å². The number of hydrogen-bond acceptors (Lipinski definition) is 7. The second kappa shape index (κ2) is 11.1. The summed E-state index contributed by atoms with van der Waals surface area (Å²) in [4.78, 5) is 39.0. The number of amides is 2. The van der Waals surface area contributed by atoms with Crippen molar-refractivity contribution in [3.63, 3.8) is 0 Å². The number of aromatic nitrogens is 4. The minimum atomic E-state index is -0.618. The van der Waals surface area contributed by atoms with Crippen molar-refractivity contribution in [3.05, 3.63) is 78.5 Å². The zero-order valence-electron chi connectivity index (χ0n) is 21.4. The highest BCUT2D eigenvalue weighted by Crippen LogP contribution is 2.20. The summed E-state index contributed by atoms with van der Waals surface area (Å²) in [6, 6.07) is 11.8. The van der Waals surface area contributed by atoms with E-state index in [1.54, 1.807) is 51.3 Å². The van der Waals surface area contributed by atoms with Crippen LogP contribution in [0.1, 0.15) is 31.9 Å². The minimum absolute atomic E-state index is 0.135. The minimum Gasteiger partial charge on any atom is -0.444 e. The van der Waals surface area contributed by atoms with Crippen molar-refractivity contribution in [1.82, 2.24) is 29.6 Å². The number of likely N-dealkylation sites (N-methyl/N-ethyl adjacent to an activating group) is 1. The first-order valence-corrected chi connectivity index (χ1v) is 11.9. The molecule has 1 aromatic carbocycles. The van der Waals surface area contributed by atoms with Gasteiger partial charge < -0.3 is 24.7 Å². The molecule has 0 bridgehead atoms. The third kappa shape index (κ3) is 7.26. The topological polar surface area (TPSA) is 114 Å². The number of nitrogens with one attached hydrogen (secondary N) is 2. The smallest absolute Gasteiger partial charge is 0.408 e. The van der Waals surface area contributed by atoms with Gasteiger partial charge in [0.15, 0.2) is 0 Å². The van der Waals surface area contributed by atoms with Gasteiger partial charge in [-0.05, 0) is 49.6 Å². The molecule has 2 N–H and O–H groups in total. The molecule has 10 heteroatoms. The van der Waals surface area contributed by atoms with E-state index in [-0.39, 0.29) is 12.5 Å². The summed E-state index contributed by atoms with van der Waals surface area (Å²) in [5.41, 5.74) is 4.14. The second-order valence-electron chi connectivity index (χ2n) is 9.68. The number of benzene rings is 1. The van der Waals surface area contributed by atoms with Gasteiger partial charge in [0.25, 0.3) is 0 Å². The number of carbonyl (C=O) groups is 2. The lowest BCUT2D eigenvalue weighted by Gasteiger charge is -2.21. The lowest BCUT2D eigenvalue weighted by molar-refractivity contribution is -0.129. The normalized spacial score (nSPS) is 11.2. The summed E-state index contributed by atoms with van der Waals surface area (Å²) in [5.74, 6) is 0.315. The molecule has 3 aromatic heterocycles. The van der Waals surface area contributed by atoms with Gasteiger partial charge in [-0.25, -0.2) is 19.7 Å². The van der Waals surface area contributed by atoms with Gasteiger partial charge in [-0.1, -0.05) is 24.3 Å². The highest BCUT2D eigenvalue weighted by atomic mass is 16.6.